The van der Waals surface area contributed by atoms with Gasteiger partial charge in [0, 0.05) is 0 Å². The summed E-state index contributed by atoms with van der Waals surface area (Å²) in [4.78, 5) is 0. The number of rotatable bonds is 5. The molecule has 0 aromatic heterocycles. The summed E-state index contributed by atoms with van der Waals surface area (Å²) >= 11 is 0. The van der Waals surface area contributed by atoms with Crippen LogP contribution >= 0.6 is 0 Å². The summed E-state index contributed by atoms with van der Waals surface area (Å²) in [7, 11) is 0. The molecule has 1 heteroatoms. The molecule has 0 saturated heterocycles. The molecule has 162 valence electrons. The molecule has 4 aliphatic rings. The standard InChI is InChI=1S/C28H44O/c1-18(2)19(3)7-8-20(4)24-11-12-25-23-10-9-21-17-22(29)13-15-27(21,5)26(23)14-16-28(24,25)6/h12,18,20-22,24,29H,3,7-11,13-17H2,1-2,4-6H3. The van der Waals surface area contributed by atoms with Crippen LogP contribution in [-0.2, 0) is 0 Å². The van der Waals surface area contributed by atoms with Gasteiger partial charge in [0.15, 0.2) is 0 Å². The van der Waals surface area contributed by atoms with Crippen molar-refractivity contribution in [1.29, 1.82) is 0 Å². The van der Waals surface area contributed by atoms with Crippen LogP contribution in [0.4, 0.5) is 0 Å². The third-order valence-corrected chi connectivity index (χ3v) is 9.90. The first-order chi connectivity index (χ1) is 13.7. The van der Waals surface area contributed by atoms with Gasteiger partial charge in [-0.05, 0) is 110 Å². The van der Waals surface area contributed by atoms with Crippen molar-refractivity contribution in [3.8, 4) is 0 Å². The number of aliphatic hydroxyl groups excluding tert-OH is 1. The van der Waals surface area contributed by atoms with E-state index in [1.54, 1.807) is 16.7 Å². The Bertz CT molecular complexity index is 725. The molecule has 6 atom stereocenters. The van der Waals surface area contributed by atoms with Crippen molar-refractivity contribution in [2.45, 2.75) is 105 Å². The first-order valence-electron chi connectivity index (χ1n) is 12.5. The fraction of sp³-hybridized carbons (Fsp3) is 0.786. The Morgan fingerprint density at radius 3 is 2.62 bits per heavy atom. The fourth-order valence-corrected chi connectivity index (χ4v) is 7.63. The van der Waals surface area contributed by atoms with Gasteiger partial charge >= 0.3 is 0 Å². The van der Waals surface area contributed by atoms with E-state index < -0.39 is 0 Å². The summed E-state index contributed by atoms with van der Waals surface area (Å²) in [6.45, 7) is 16.5. The van der Waals surface area contributed by atoms with Crippen LogP contribution in [0.2, 0.25) is 0 Å². The molecule has 4 aliphatic carbocycles. The monoisotopic (exact) mass is 396 g/mol. The largest absolute Gasteiger partial charge is 0.393 e. The first kappa shape index (κ1) is 21.4. The van der Waals surface area contributed by atoms with Gasteiger partial charge < -0.3 is 5.11 Å². The van der Waals surface area contributed by atoms with Crippen LogP contribution in [-0.4, -0.2) is 11.2 Å². The van der Waals surface area contributed by atoms with Crippen molar-refractivity contribution in [1.82, 2.24) is 0 Å². The van der Waals surface area contributed by atoms with Gasteiger partial charge in [0.05, 0.1) is 6.10 Å². The summed E-state index contributed by atoms with van der Waals surface area (Å²) < 4.78 is 0. The highest BCUT2D eigenvalue weighted by Crippen LogP contribution is 2.64. The number of hydrogen-bond donors (Lipinski definition) is 1. The minimum absolute atomic E-state index is 0.0550. The van der Waals surface area contributed by atoms with Crippen LogP contribution in [0.15, 0.2) is 34.9 Å². The number of fused-ring (bicyclic) bond motifs is 4. The third-order valence-electron chi connectivity index (χ3n) is 9.90. The zero-order chi connectivity index (χ0) is 21.0. The SMILES string of the molecule is C=C(CCC(C)C1CC=C2C3=C(CCC21C)C1(C)CCC(O)CC1CC3)C(C)C. The van der Waals surface area contributed by atoms with E-state index in [0.717, 1.165) is 24.7 Å². The molecule has 0 aromatic rings. The van der Waals surface area contributed by atoms with E-state index in [9.17, 15) is 5.11 Å². The Labute approximate surface area is 179 Å². The van der Waals surface area contributed by atoms with Gasteiger partial charge in [-0.15, -0.1) is 0 Å². The predicted octanol–water partition coefficient (Wildman–Crippen LogP) is 7.62. The second-order valence-electron chi connectivity index (χ2n) is 11.7. The van der Waals surface area contributed by atoms with Gasteiger partial charge in [-0.1, -0.05) is 58.4 Å². The second-order valence-corrected chi connectivity index (χ2v) is 11.7. The number of aliphatic hydroxyl groups is 1. The Morgan fingerprint density at radius 2 is 1.90 bits per heavy atom. The molecule has 0 heterocycles. The van der Waals surface area contributed by atoms with E-state index in [2.05, 4.69) is 47.3 Å². The van der Waals surface area contributed by atoms with E-state index >= 15 is 0 Å². The van der Waals surface area contributed by atoms with E-state index in [0.29, 0.717) is 22.7 Å². The van der Waals surface area contributed by atoms with E-state index in [1.165, 1.54) is 56.9 Å². The van der Waals surface area contributed by atoms with Gasteiger partial charge in [0.25, 0.3) is 0 Å². The Balaban J connectivity index is 1.54. The number of hydrogen-bond acceptors (Lipinski definition) is 1. The smallest absolute Gasteiger partial charge is 0.0543 e. The second kappa shape index (κ2) is 7.70. The van der Waals surface area contributed by atoms with Gasteiger partial charge in [-0.3, -0.25) is 0 Å². The normalized spacial score (nSPS) is 40.2. The lowest BCUT2D eigenvalue weighted by molar-refractivity contribution is 0.0225. The maximum absolute atomic E-state index is 10.2. The third kappa shape index (κ3) is 3.50. The molecule has 0 aliphatic heterocycles. The maximum atomic E-state index is 10.2. The lowest BCUT2D eigenvalue weighted by Gasteiger charge is -2.54. The molecular weight excluding hydrogens is 352 g/mol. The van der Waals surface area contributed by atoms with Gasteiger partial charge in [0.2, 0.25) is 0 Å². The zero-order valence-corrected chi connectivity index (χ0v) is 19.7. The van der Waals surface area contributed by atoms with Crippen molar-refractivity contribution >= 4 is 0 Å². The molecule has 1 saturated carbocycles. The van der Waals surface area contributed by atoms with Crippen molar-refractivity contribution in [2.24, 2.45) is 34.5 Å². The Hall–Kier alpha value is -0.820. The molecule has 0 aromatic carbocycles. The lowest BCUT2D eigenvalue weighted by atomic mass is 9.51. The van der Waals surface area contributed by atoms with Gasteiger partial charge in [0.1, 0.15) is 0 Å². The summed E-state index contributed by atoms with van der Waals surface area (Å²) in [6.07, 6.45) is 14.8. The maximum Gasteiger partial charge on any atom is 0.0543 e. The molecule has 0 bridgehead atoms. The van der Waals surface area contributed by atoms with Crippen molar-refractivity contribution in [2.75, 3.05) is 0 Å². The molecular formula is C28H44O. The number of allylic oxidation sites excluding steroid dienone is 5. The predicted molar refractivity (Wildman–Crippen MR) is 124 cm³/mol. The highest BCUT2D eigenvalue weighted by atomic mass is 16.3. The zero-order valence-electron chi connectivity index (χ0n) is 19.7. The van der Waals surface area contributed by atoms with Crippen LogP contribution in [0.3, 0.4) is 0 Å². The molecule has 0 radical (unpaired) electrons. The summed E-state index contributed by atoms with van der Waals surface area (Å²) in [5, 5.41) is 10.2. The summed E-state index contributed by atoms with van der Waals surface area (Å²) in [6, 6.07) is 0. The van der Waals surface area contributed by atoms with Crippen molar-refractivity contribution in [3.63, 3.8) is 0 Å². The average molecular weight is 397 g/mol. The molecule has 0 amide bonds. The summed E-state index contributed by atoms with van der Waals surface area (Å²) in [5.41, 5.74) is 7.46. The van der Waals surface area contributed by atoms with Gasteiger partial charge in [-0.25, -0.2) is 0 Å². The average Bonchev–Trinajstić information content (AvgIpc) is 3.03. The van der Waals surface area contributed by atoms with E-state index in [4.69, 9.17) is 0 Å². The molecule has 1 fully saturated rings. The highest BCUT2D eigenvalue weighted by Gasteiger charge is 2.52. The minimum atomic E-state index is -0.0550. The molecule has 4 rings (SSSR count). The van der Waals surface area contributed by atoms with Crippen molar-refractivity contribution in [3.05, 3.63) is 34.9 Å². The molecule has 1 nitrogen and oxygen atoms in total. The van der Waals surface area contributed by atoms with Crippen LogP contribution in [0.5, 0.6) is 0 Å². The quantitative estimate of drug-likeness (QED) is 0.474. The topological polar surface area (TPSA) is 20.2 Å². The fourth-order valence-electron chi connectivity index (χ4n) is 7.63. The Morgan fingerprint density at radius 1 is 1.14 bits per heavy atom. The molecule has 0 spiro atoms. The van der Waals surface area contributed by atoms with Crippen LogP contribution in [0.1, 0.15) is 98.8 Å². The van der Waals surface area contributed by atoms with Crippen LogP contribution in [0, 0.1) is 34.5 Å². The first-order valence-corrected chi connectivity index (χ1v) is 12.5. The van der Waals surface area contributed by atoms with Crippen LogP contribution in [0.25, 0.3) is 0 Å². The molecule has 29 heavy (non-hydrogen) atoms. The minimum Gasteiger partial charge on any atom is -0.393 e. The summed E-state index contributed by atoms with van der Waals surface area (Å²) in [5.74, 6) is 2.88. The lowest BCUT2D eigenvalue weighted by Crippen LogP contribution is -2.44. The van der Waals surface area contributed by atoms with Gasteiger partial charge in [-0.2, -0.15) is 0 Å². The van der Waals surface area contributed by atoms with Crippen LogP contribution < -0.4 is 0 Å². The Kier molecular flexibility index (Phi) is 5.69. The molecule has 6 unspecified atom stereocenters. The van der Waals surface area contributed by atoms with E-state index in [1.807, 2.05) is 0 Å². The highest BCUT2D eigenvalue weighted by molar-refractivity contribution is 5.49. The van der Waals surface area contributed by atoms with Crippen molar-refractivity contribution < 1.29 is 5.11 Å². The van der Waals surface area contributed by atoms with E-state index in [-0.39, 0.29) is 6.10 Å². The molecule has 1 N–H and O–H groups in total.